The Labute approximate surface area is 180 Å². The highest BCUT2D eigenvalue weighted by atomic mass is 35.5. The maximum Gasteiger partial charge on any atom is 0.255 e. The first kappa shape index (κ1) is 20.3. The fourth-order valence-corrected chi connectivity index (χ4v) is 3.28. The van der Waals surface area contributed by atoms with Gasteiger partial charge in [-0.25, -0.2) is 13.8 Å². The van der Waals surface area contributed by atoms with Crippen LogP contribution in [0.1, 0.15) is 16.1 Å². The van der Waals surface area contributed by atoms with Crippen molar-refractivity contribution in [3.63, 3.8) is 0 Å². The predicted molar refractivity (Wildman–Crippen MR) is 113 cm³/mol. The van der Waals surface area contributed by atoms with E-state index in [0.29, 0.717) is 22.5 Å². The fraction of sp³-hybridized carbons (Fsp3) is 0. The second-order valence-corrected chi connectivity index (χ2v) is 6.96. The van der Waals surface area contributed by atoms with E-state index in [4.69, 9.17) is 11.6 Å². The molecular formula is C23H13ClF2N4O. The van der Waals surface area contributed by atoms with Gasteiger partial charge in [-0.2, -0.15) is 5.26 Å². The number of aromatic nitrogens is 2. The Bertz CT molecular complexity index is 1290. The van der Waals surface area contributed by atoms with Crippen molar-refractivity contribution in [2.24, 2.45) is 0 Å². The number of H-pyrrole nitrogens is 1. The third-order valence-corrected chi connectivity index (χ3v) is 4.86. The average Bonchev–Trinajstić information content (AvgIpc) is 3.18. The van der Waals surface area contributed by atoms with E-state index >= 15 is 0 Å². The number of rotatable bonds is 4. The fourth-order valence-electron chi connectivity index (χ4n) is 3.03. The molecule has 4 rings (SSSR count). The number of anilines is 1. The third kappa shape index (κ3) is 4.15. The van der Waals surface area contributed by atoms with Gasteiger partial charge >= 0.3 is 0 Å². The number of amides is 1. The van der Waals surface area contributed by atoms with Gasteiger partial charge in [0.05, 0.1) is 16.3 Å². The van der Waals surface area contributed by atoms with E-state index in [2.05, 4.69) is 15.3 Å². The van der Waals surface area contributed by atoms with Crippen LogP contribution in [0.5, 0.6) is 0 Å². The summed E-state index contributed by atoms with van der Waals surface area (Å²) in [5.41, 5.74) is 1.99. The summed E-state index contributed by atoms with van der Waals surface area (Å²) in [6.45, 7) is 0. The van der Waals surface area contributed by atoms with Crippen LogP contribution in [0.3, 0.4) is 0 Å². The molecule has 0 spiro atoms. The molecule has 0 unspecified atom stereocenters. The maximum absolute atomic E-state index is 14.2. The van der Waals surface area contributed by atoms with Gasteiger partial charge in [-0.3, -0.25) is 4.79 Å². The van der Waals surface area contributed by atoms with Crippen LogP contribution in [0.25, 0.3) is 22.6 Å². The quantitative estimate of drug-likeness (QED) is 0.426. The molecule has 0 saturated heterocycles. The summed E-state index contributed by atoms with van der Waals surface area (Å²) in [5.74, 6) is -1.23. The molecule has 3 aromatic carbocycles. The Morgan fingerprint density at radius 1 is 1.03 bits per heavy atom. The highest BCUT2D eigenvalue weighted by molar-refractivity contribution is 6.33. The largest absolute Gasteiger partial charge is 0.337 e. The molecule has 0 aliphatic rings. The number of carbonyl (C=O) groups excluding carboxylic acids is 1. The zero-order valence-corrected chi connectivity index (χ0v) is 16.5. The minimum absolute atomic E-state index is 0.0788. The minimum Gasteiger partial charge on any atom is -0.337 e. The molecule has 1 aromatic heterocycles. The Balaban J connectivity index is 1.61. The van der Waals surface area contributed by atoms with Crippen LogP contribution >= 0.6 is 11.6 Å². The molecule has 4 aromatic rings. The van der Waals surface area contributed by atoms with Gasteiger partial charge in [-0.15, -0.1) is 0 Å². The molecule has 0 bridgehead atoms. The summed E-state index contributed by atoms with van der Waals surface area (Å²) < 4.78 is 27.2. The van der Waals surface area contributed by atoms with Crippen LogP contribution in [0.15, 0.2) is 66.7 Å². The summed E-state index contributed by atoms with van der Waals surface area (Å²) in [6, 6.07) is 18.1. The molecule has 0 fully saturated rings. The molecule has 0 aliphatic carbocycles. The molecule has 2 N–H and O–H groups in total. The van der Waals surface area contributed by atoms with Gasteiger partial charge in [0.15, 0.2) is 5.69 Å². The predicted octanol–water partition coefficient (Wildman–Crippen LogP) is 5.80. The first-order valence-electron chi connectivity index (χ1n) is 9.08. The molecule has 1 heterocycles. The van der Waals surface area contributed by atoms with E-state index in [1.54, 1.807) is 24.3 Å². The van der Waals surface area contributed by atoms with E-state index < -0.39 is 11.6 Å². The van der Waals surface area contributed by atoms with Crippen molar-refractivity contribution in [2.75, 3.05) is 5.32 Å². The number of benzene rings is 3. The second kappa shape index (κ2) is 8.38. The molecule has 0 atom stereocenters. The van der Waals surface area contributed by atoms with Crippen molar-refractivity contribution in [1.29, 1.82) is 5.26 Å². The lowest BCUT2D eigenvalue weighted by Crippen LogP contribution is -2.11. The van der Waals surface area contributed by atoms with E-state index in [1.807, 2.05) is 6.07 Å². The summed E-state index contributed by atoms with van der Waals surface area (Å²) in [6.07, 6.45) is 0. The smallest absolute Gasteiger partial charge is 0.255 e. The number of hydrogen-bond donors (Lipinski definition) is 2. The Morgan fingerprint density at radius 3 is 2.39 bits per heavy atom. The van der Waals surface area contributed by atoms with Gasteiger partial charge in [-0.1, -0.05) is 29.8 Å². The van der Waals surface area contributed by atoms with Crippen molar-refractivity contribution in [1.82, 2.24) is 9.97 Å². The van der Waals surface area contributed by atoms with Crippen LogP contribution in [0.4, 0.5) is 14.5 Å². The van der Waals surface area contributed by atoms with Crippen LogP contribution in [-0.2, 0) is 0 Å². The molecule has 5 nitrogen and oxygen atoms in total. The number of nitrogens with zero attached hydrogens (tertiary/aromatic N) is 2. The monoisotopic (exact) mass is 434 g/mol. The SMILES string of the molecule is N#Cc1nc(-c2c(F)cccc2Cl)[nH]c1-c1ccc(NC(=O)c2ccc(F)cc2)cc1. The molecule has 31 heavy (non-hydrogen) atoms. The maximum atomic E-state index is 14.2. The number of hydrogen-bond acceptors (Lipinski definition) is 3. The van der Waals surface area contributed by atoms with Gasteiger partial charge in [0.25, 0.3) is 5.91 Å². The lowest BCUT2D eigenvalue weighted by atomic mass is 10.1. The van der Waals surface area contributed by atoms with Crippen molar-refractivity contribution >= 4 is 23.2 Å². The number of aromatic amines is 1. The van der Waals surface area contributed by atoms with Crippen molar-refractivity contribution < 1.29 is 13.6 Å². The van der Waals surface area contributed by atoms with E-state index in [-0.39, 0.29) is 28.0 Å². The normalized spacial score (nSPS) is 10.5. The molecule has 152 valence electrons. The zero-order chi connectivity index (χ0) is 22.0. The lowest BCUT2D eigenvalue weighted by molar-refractivity contribution is 0.102. The van der Waals surface area contributed by atoms with Gasteiger partial charge in [0.2, 0.25) is 0 Å². The molecule has 0 saturated carbocycles. The topological polar surface area (TPSA) is 81.6 Å². The van der Waals surface area contributed by atoms with Gasteiger partial charge < -0.3 is 10.3 Å². The number of halogens is 3. The number of nitrogens with one attached hydrogen (secondary N) is 2. The molecule has 0 aliphatic heterocycles. The molecule has 1 amide bonds. The highest BCUT2D eigenvalue weighted by Gasteiger charge is 2.18. The third-order valence-electron chi connectivity index (χ3n) is 4.55. The Hall–Kier alpha value is -4.02. The minimum atomic E-state index is -0.559. The highest BCUT2D eigenvalue weighted by Crippen LogP contribution is 2.32. The molecular weight excluding hydrogens is 422 g/mol. The van der Waals surface area contributed by atoms with E-state index in [9.17, 15) is 18.8 Å². The van der Waals surface area contributed by atoms with E-state index in [1.165, 1.54) is 42.5 Å². The van der Waals surface area contributed by atoms with Crippen LogP contribution in [-0.4, -0.2) is 15.9 Å². The summed E-state index contributed by atoms with van der Waals surface area (Å²) in [5, 5.41) is 12.3. The van der Waals surface area contributed by atoms with Crippen LogP contribution in [0, 0.1) is 23.0 Å². The van der Waals surface area contributed by atoms with Gasteiger partial charge in [0, 0.05) is 16.8 Å². The van der Waals surface area contributed by atoms with Crippen molar-refractivity contribution in [2.45, 2.75) is 0 Å². The summed E-state index contributed by atoms with van der Waals surface area (Å²) >= 11 is 6.10. The van der Waals surface area contributed by atoms with Crippen molar-refractivity contribution in [3.05, 3.63) is 94.6 Å². The molecule has 8 heteroatoms. The first-order chi connectivity index (χ1) is 15.0. The molecule has 0 radical (unpaired) electrons. The number of imidazole rings is 1. The van der Waals surface area contributed by atoms with E-state index in [0.717, 1.165) is 0 Å². The van der Waals surface area contributed by atoms with Gasteiger partial charge in [-0.05, 0) is 48.5 Å². The van der Waals surface area contributed by atoms with Gasteiger partial charge in [0.1, 0.15) is 23.5 Å². The van der Waals surface area contributed by atoms with Crippen LogP contribution in [0.2, 0.25) is 5.02 Å². The summed E-state index contributed by atoms with van der Waals surface area (Å²) in [7, 11) is 0. The first-order valence-corrected chi connectivity index (χ1v) is 9.46. The Morgan fingerprint density at radius 2 is 1.74 bits per heavy atom. The average molecular weight is 435 g/mol. The summed E-state index contributed by atoms with van der Waals surface area (Å²) in [4.78, 5) is 19.4. The second-order valence-electron chi connectivity index (χ2n) is 6.56. The zero-order valence-electron chi connectivity index (χ0n) is 15.8. The number of carbonyl (C=O) groups is 1. The number of nitriles is 1. The Kier molecular flexibility index (Phi) is 5.48. The lowest BCUT2D eigenvalue weighted by Gasteiger charge is -2.06. The standard InChI is InChI=1S/C23H13ClF2N4O/c24-17-2-1-3-18(26)20(17)22-29-19(12-27)21(30-22)13-6-10-16(11-7-13)28-23(31)14-4-8-15(25)9-5-14/h1-11H,(H,28,31)(H,29,30). The van der Waals surface area contributed by atoms with Crippen molar-refractivity contribution in [3.8, 4) is 28.7 Å². The van der Waals surface area contributed by atoms with Crippen LogP contribution < -0.4 is 5.32 Å².